The van der Waals surface area contributed by atoms with Crippen molar-refractivity contribution in [3.8, 4) is 22.6 Å². The molecule has 1 fully saturated rings. The Balaban J connectivity index is 1.56. The molecule has 2 aliphatic heterocycles. The lowest BCUT2D eigenvalue weighted by molar-refractivity contribution is 0.339. The summed E-state index contributed by atoms with van der Waals surface area (Å²) in [7, 11) is -1.72. The van der Waals surface area contributed by atoms with Crippen molar-refractivity contribution in [3.05, 3.63) is 48.3 Å². The van der Waals surface area contributed by atoms with Crippen LogP contribution < -0.4 is 4.90 Å². The fourth-order valence-corrected chi connectivity index (χ4v) is 7.06. The number of hydrogen-bond acceptors (Lipinski definition) is 8. The first-order valence-corrected chi connectivity index (χ1v) is 14.0. The Morgan fingerprint density at radius 3 is 2.57 bits per heavy atom. The second-order valence-corrected chi connectivity index (χ2v) is 11.4. The van der Waals surface area contributed by atoms with Crippen LogP contribution in [-0.2, 0) is 22.1 Å². The summed E-state index contributed by atoms with van der Waals surface area (Å²) in [6.07, 6.45) is 7.49. The van der Waals surface area contributed by atoms with Gasteiger partial charge in [-0.25, -0.2) is 33.3 Å². The maximum absolute atomic E-state index is 12.8. The molecule has 11 nitrogen and oxygen atoms in total. The van der Waals surface area contributed by atoms with Gasteiger partial charge in [0.25, 0.3) is 0 Å². The highest BCUT2D eigenvalue weighted by Gasteiger charge is 2.56. The molecular weight excluding hydrogens is 490 g/mol. The number of sulfonamides is 1. The van der Waals surface area contributed by atoms with Crippen LogP contribution >= 0.6 is 0 Å². The van der Waals surface area contributed by atoms with Gasteiger partial charge in [0, 0.05) is 49.3 Å². The molecule has 0 radical (unpaired) electrons. The maximum Gasteiger partial charge on any atom is 0.212 e. The van der Waals surface area contributed by atoms with E-state index >= 15 is 0 Å². The van der Waals surface area contributed by atoms with Crippen molar-refractivity contribution >= 4 is 32.7 Å². The van der Waals surface area contributed by atoms with E-state index in [-0.39, 0.29) is 5.84 Å². The van der Waals surface area contributed by atoms with Crippen molar-refractivity contribution in [1.82, 2.24) is 33.8 Å². The highest BCUT2D eigenvalue weighted by molar-refractivity contribution is 7.88. The van der Waals surface area contributed by atoms with E-state index in [9.17, 15) is 8.42 Å². The van der Waals surface area contributed by atoms with Gasteiger partial charge in [-0.2, -0.15) is 4.31 Å². The Morgan fingerprint density at radius 2 is 1.86 bits per heavy atom. The van der Waals surface area contributed by atoms with Gasteiger partial charge in [-0.1, -0.05) is 6.07 Å². The highest BCUT2D eigenvalue weighted by Crippen LogP contribution is 2.51. The van der Waals surface area contributed by atoms with Gasteiger partial charge in [-0.05, 0) is 38.8 Å². The van der Waals surface area contributed by atoms with Crippen LogP contribution in [0.5, 0.6) is 0 Å². The molecule has 3 aromatic heterocycles. The topological polar surface area (TPSA) is 134 Å². The number of aryl methyl sites for hydroxylation is 2. The van der Waals surface area contributed by atoms with Crippen LogP contribution in [0.2, 0.25) is 0 Å². The van der Waals surface area contributed by atoms with Gasteiger partial charge in [0.15, 0.2) is 5.65 Å². The number of nitrogens with one attached hydrogen (secondary N) is 1. The third-order valence-corrected chi connectivity index (χ3v) is 8.71. The van der Waals surface area contributed by atoms with Gasteiger partial charge in [0.1, 0.15) is 40.6 Å². The van der Waals surface area contributed by atoms with Gasteiger partial charge in [0.2, 0.25) is 10.0 Å². The van der Waals surface area contributed by atoms with Gasteiger partial charge in [-0.3, -0.25) is 5.41 Å². The van der Waals surface area contributed by atoms with E-state index in [4.69, 9.17) is 10.4 Å². The average Bonchev–Trinajstić information content (AvgIpc) is 3.55. The molecule has 2 aliphatic rings. The lowest BCUT2D eigenvalue weighted by Crippen LogP contribution is -2.50. The number of nitrogens with zero attached hydrogens (tertiary/aromatic N) is 8. The Kier molecular flexibility index (Phi) is 5.18. The summed E-state index contributed by atoms with van der Waals surface area (Å²) in [6.45, 7) is 4.90. The smallest absolute Gasteiger partial charge is 0.212 e. The van der Waals surface area contributed by atoms with Crippen LogP contribution in [0.4, 0.5) is 5.69 Å². The average molecular weight is 518 g/mol. The second kappa shape index (κ2) is 8.12. The predicted octanol–water partition coefficient (Wildman–Crippen LogP) is 2.96. The molecule has 0 bridgehead atoms. The van der Waals surface area contributed by atoms with E-state index in [0.717, 1.165) is 22.4 Å². The molecule has 4 aromatic rings. The number of aromatic nitrogens is 6. The molecule has 0 saturated carbocycles. The molecular formula is C25H27N9O2S. The van der Waals surface area contributed by atoms with Crippen LogP contribution in [0.3, 0.4) is 0 Å². The quantitative estimate of drug-likeness (QED) is 0.437. The van der Waals surface area contributed by atoms with Crippen LogP contribution in [0.1, 0.15) is 31.2 Å². The summed E-state index contributed by atoms with van der Waals surface area (Å²) < 4.78 is 29.1. The standard InChI is InChI=1S/C25H27N9O2S/c1-5-33-22(17-12-27-15(2)28-13-17)31-21-20(29-14-30-23(21)33)16-7-8-19-18(11-16)25(24(26)32(19)3)9-6-10-34(25)37(4,35)36/h7-8,11-14,26H,5-6,9-10H2,1-4H3. The van der Waals surface area contributed by atoms with E-state index in [1.54, 1.807) is 17.3 Å². The fourth-order valence-electron chi connectivity index (χ4n) is 5.76. The van der Waals surface area contributed by atoms with E-state index in [2.05, 4.69) is 19.9 Å². The van der Waals surface area contributed by atoms with Crippen LogP contribution in [0.15, 0.2) is 36.9 Å². The van der Waals surface area contributed by atoms with Gasteiger partial charge >= 0.3 is 0 Å². The number of likely N-dealkylation sites (N-methyl/N-ethyl adjacent to an activating group) is 1. The lowest BCUT2D eigenvalue weighted by Gasteiger charge is -2.34. The second-order valence-electron chi connectivity index (χ2n) is 9.53. The fraction of sp³-hybridized carbons (Fsp3) is 0.360. The van der Waals surface area contributed by atoms with Crippen LogP contribution in [0, 0.1) is 12.3 Å². The molecule has 1 unspecified atom stereocenters. The first-order valence-electron chi connectivity index (χ1n) is 12.1. The largest absolute Gasteiger partial charge is 0.331 e. The summed E-state index contributed by atoms with van der Waals surface area (Å²) in [5.74, 6) is 1.66. The number of benzene rings is 1. The van der Waals surface area contributed by atoms with E-state index in [1.807, 2.05) is 43.7 Å². The molecule has 1 aromatic carbocycles. The monoisotopic (exact) mass is 517 g/mol. The van der Waals surface area contributed by atoms with Crippen molar-refractivity contribution in [3.63, 3.8) is 0 Å². The molecule has 5 heterocycles. The minimum absolute atomic E-state index is 0.271. The van der Waals surface area contributed by atoms with Crippen molar-refractivity contribution in [2.24, 2.45) is 0 Å². The molecule has 190 valence electrons. The zero-order chi connectivity index (χ0) is 26.1. The minimum Gasteiger partial charge on any atom is -0.331 e. The first kappa shape index (κ1) is 23.6. The molecule has 1 saturated heterocycles. The SMILES string of the molecule is CCn1c(-c2cnc(C)nc2)nc2c(-c3ccc4c(c3)C3(CCCN3S(C)(=O)=O)C(=N)N4C)ncnc21. The summed E-state index contributed by atoms with van der Waals surface area (Å²) >= 11 is 0. The first-order chi connectivity index (χ1) is 17.7. The zero-order valence-electron chi connectivity index (χ0n) is 21.1. The van der Waals surface area contributed by atoms with Gasteiger partial charge in [0.05, 0.1) is 11.8 Å². The molecule has 0 amide bonds. The van der Waals surface area contributed by atoms with E-state index in [0.29, 0.717) is 54.4 Å². The van der Waals surface area contributed by atoms with Crippen molar-refractivity contribution in [1.29, 1.82) is 5.41 Å². The summed E-state index contributed by atoms with van der Waals surface area (Å²) in [6, 6.07) is 5.85. The number of hydrogen-bond donors (Lipinski definition) is 1. The van der Waals surface area contributed by atoms with Gasteiger partial charge in [-0.15, -0.1) is 0 Å². The summed E-state index contributed by atoms with van der Waals surface area (Å²) in [5, 5.41) is 8.94. The maximum atomic E-state index is 12.8. The number of fused-ring (bicyclic) bond motifs is 3. The van der Waals surface area contributed by atoms with Crippen molar-refractivity contribution in [2.45, 2.75) is 38.8 Å². The van der Waals surface area contributed by atoms with Crippen LogP contribution in [-0.4, -0.2) is 67.9 Å². The third-order valence-electron chi connectivity index (χ3n) is 7.42. The molecule has 1 atom stereocenters. The zero-order valence-corrected chi connectivity index (χ0v) is 21.9. The third kappa shape index (κ3) is 3.32. The Labute approximate surface area is 214 Å². The molecule has 0 aliphatic carbocycles. The number of anilines is 1. The number of imidazole rings is 1. The molecule has 1 N–H and O–H groups in total. The summed E-state index contributed by atoms with van der Waals surface area (Å²) in [4.78, 5) is 24.5. The van der Waals surface area contributed by atoms with E-state index in [1.165, 1.54) is 16.9 Å². The normalized spacial score (nSPS) is 19.9. The van der Waals surface area contributed by atoms with Crippen molar-refractivity contribution in [2.75, 3.05) is 24.7 Å². The van der Waals surface area contributed by atoms with E-state index < -0.39 is 15.6 Å². The van der Waals surface area contributed by atoms with Crippen molar-refractivity contribution < 1.29 is 8.42 Å². The molecule has 37 heavy (non-hydrogen) atoms. The van der Waals surface area contributed by atoms with Gasteiger partial charge < -0.3 is 9.47 Å². The molecule has 12 heteroatoms. The summed E-state index contributed by atoms with van der Waals surface area (Å²) in [5.41, 5.74) is 4.17. The molecule has 1 spiro atoms. The Hall–Kier alpha value is -3.77. The minimum atomic E-state index is -3.53. The molecule has 6 rings (SSSR count). The van der Waals surface area contributed by atoms with Crippen LogP contribution in [0.25, 0.3) is 33.8 Å². The number of amidine groups is 1. The highest BCUT2D eigenvalue weighted by atomic mass is 32.2. The number of rotatable bonds is 4. The predicted molar refractivity (Wildman–Crippen MR) is 141 cm³/mol. The Morgan fingerprint density at radius 1 is 1.11 bits per heavy atom. The lowest BCUT2D eigenvalue weighted by atomic mass is 9.88. The Bertz CT molecular complexity index is 1680.